The second-order valence-electron chi connectivity index (χ2n) is 3.84. The van der Waals surface area contributed by atoms with E-state index in [1.54, 1.807) is 0 Å². The average molecular weight is 300 g/mol. The molecule has 0 radical (unpaired) electrons. The van der Waals surface area contributed by atoms with Crippen molar-refractivity contribution < 1.29 is 18.4 Å². The lowest BCUT2D eigenvalue weighted by Gasteiger charge is -2.04. The van der Waals surface area contributed by atoms with Gasteiger partial charge in [-0.2, -0.15) is 4.98 Å². The fraction of sp³-hybridized carbons (Fsp3) is 0.250. The van der Waals surface area contributed by atoms with E-state index in [0.29, 0.717) is 5.89 Å². The molecule has 1 N–H and O–H groups in total. The van der Waals surface area contributed by atoms with Crippen molar-refractivity contribution >= 4 is 17.5 Å². The van der Waals surface area contributed by atoms with E-state index in [4.69, 9.17) is 20.9 Å². The van der Waals surface area contributed by atoms with Gasteiger partial charge in [-0.25, -0.2) is 4.39 Å². The Bertz CT molecular complexity index is 618. The van der Waals surface area contributed by atoms with E-state index in [2.05, 4.69) is 15.5 Å². The number of nitrogens with one attached hydrogen (secondary N) is 1. The number of ether oxygens (including phenoxy) is 1. The highest BCUT2D eigenvalue weighted by molar-refractivity contribution is 6.33. The SMILES string of the molecule is COCc1nc(CNC(=O)c2cc(F)ccc2Cl)no1. The first-order chi connectivity index (χ1) is 9.60. The molecule has 6 nitrogen and oxygen atoms in total. The van der Waals surface area contributed by atoms with Crippen molar-refractivity contribution in [1.29, 1.82) is 0 Å². The zero-order valence-corrected chi connectivity index (χ0v) is 11.3. The summed E-state index contributed by atoms with van der Waals surface area (Å²) in [5.41, 5.74) is 0.0484. The Balaban J connectivity index is 1.99. The summed E-state index contributed by atoms with van der Waals surface area (Å²) in [6.07, 6.45) is 0. The maximum atomic E-state index is 13.1. The van der Waals surface area contributed by atoms with Gasteiger partial charge in [0, 0.05) is 7.11 Å². The Labute approximate surface area is 118 Å². The molecule has 1 amide bonds. The molecule has 0 spiro atoms. The third-order valence-electron chi connectivity index (χ3n) is 2.36. The quantitative estimate of drug-likeness (QED) is 0.913. The van der Waals surface area contributed by atoms with Crippen molar-refractivity contribution in [2.75, 3.05) is 7.11 Å². The van der Waals surface area contributed by atoms with Crippen molar-refractivity contribution in [2.45, 2.75) is 13.2 Å². The van der Waals surface area contributed by atoms with Crippen molar-refractivity contribution in [3.63, 3.8) is 0 Å². The summed E-state index contributed by atoms with van der Waals surface area (Å²) >= 11 is 5.82. The Hall–Kier alpha value is -1.99. The summed E-state index contributed by atoms with van der Waals surface area (Å²) in [5, 5.41) is 6.34. The van der Waals surface area contributed by atoms with Crippen molar-refractivity contribution in [2.24, 2.45) is 0 Å². The summed E-state index contributed by atoms with van der Waals surface area (Å²) in [6, 6.07) is 3.55. The number of rotatable bonds is 5. The molecule has 0 unspecified atom stereocenters. The Morgan fingerprint density at radius 1 is 1.55 bits per heavy atom. The first-order valence-corrected chi connectivity index (χ1v) is 6.01. The monoisotopic (exact) mass is 299 g/mol. The number of nitrogens with zero attached hydrogens (tertiary/aromatic N) is 2. The van der Waals surface area contributed by atoms with Crippen LogP contribution in [0.25, 0.3) is 0 Å². The molecule has 2 rings (SSSR count). The second-order valence-corrected chi connectivity index (χ2v) is 4.25. The van der Waals surface area contributed by atoms with Gasteiger partial charge in [-0.15, -0.1) is 0 Å². The lowest BCUT2D eigenvalue weighted by Crippen LogP contribution is -2.23. The molecule has 0 atom stereocenters. The van der Waals surface area contributed by atoms with E-state index in [1.165, 1.54) is 19.2 Å². The van der Waals surface area contributed by atoms with Gasteiger partial charge >= 0.3 is 0 Å². The molecule has 106 valence electrons. The van der Waals surface area contributed by atoms with Gasteiger partial charge in [0.15, 0.2) is 5.82 Å². The number of halogens is 2. The average Bonchev–Trinajstić information content (AvgIpc) is 2.87. The predicted octanol–water partition coefficient (Wildman–Crippen LogP) is 1.94. The van der Waals surface area contributed by atoms with Gasteiger partial charge in [-0.3, -0.25) is 4.79 Å². The van der Waals surface area contributed by atoms with Crippen LogP contribution in [0.3, 0.4) is 0 Å². The highest BCUT2D eigenvalue weighted by atomic mass is 35.5. The molecule has 1 aromatic heterocycles. The Morgan fingerprint density at radius 2 is 2.35 bits per heavy atom. The zero-order chi connectivity index (χ0) is 14.5. The topological polar surface area (TPSA) is 77.2 Å². The molecule has 0 saturated carbocycles. The van der Waals surface area contributed by atoms with Crippen LogP contribution in [0.15, 0.2) is 22.7 Å². The summed E-state index contributed by atoms with van der Waals surface area (Å²) < 4.78 is 22.8. The molecule has 8 heteroatoms. The fourth-order valence-corrected chi connectivity index (χ4v) is 1.67. The van der Waals surface area contributed by atoms with E-state index in [9.17, 15) is 9.18 Å². The third kappa shape index (κ3) is 3.52. The summed E-state index contributed by atoms with van der Waals surface area (Å²) in [7, 11) is 1.50. The molecule has 1 aromatic carbocycles. The van der Waals surface area contributed by atoms with Crippen molar-refractivity contribution in [3.05, 3.63) is 46.3 Å². The largest absolute Gasteiger partial charge is 0.375 e. The molecular weight excluding hydrogens is 289 g/mol. The number of amides is 1. The number of methoxy groups -OCH3 is 1. The van der Waals surface area contributed by atoms with E-state index in [0.717, 1.165) is 6.07 Å². The molecule has 0 aliphatic heterocycles. The molecule has 0 aliphatic rings. The Morgan fingerprint density at radius 3 is 3.10 bits per heavy atom. The van der Waals surface area contributed by atoms with Gasteiger partial charge in [0.25, 0.3) is 11.8 Å². The highest BCUT2D eigenvalue weighted by Crippen LogP contribution is 2.16. The van der Waals surface area contributed by atoms with E-state index in [1.807, 2.05) is 0 Å². The van der Waals surface area contributed by atoms with Gasteiger partial charge in [0.1, 0.15) is 12.4 Å². The van der Waals surface area contributed by atoms with Crippen LogP contribution in [-0.4, -0.2) is 23.2 Å². The minimum Gasteiger partial charge on any atom is -0.375 e. The van der Waals surface area contributed by atoms with Crippen LogP contribution in [0.1, 0.15) is 22.1 Å². The van der Waals surface area contributed by atoms with Crippen LogP contribution in [-0.2, 0) is 17.9 Å². The molecule has 0 saturated heterocycles. The van der Waals surface area contributed by atoms with Gasteiger partial charge in [-0.05, 0) is 18.2 Å². The smallest absolute Gasteiger partial charge is 0.253 e. The number of benzene rings is 1. The Kier molecular flexibility index (Phi) is 4.65. The maximum Gasteiger partial charge on any atom is 0.253 e. The van der Waals surface area contributed by atoms with Gasteiger partial charge in [-0.1, -0.05) is 16.8 Å². The number of aromatic nitrogens is 2. The van der Waals surface area contributed by atoms with E-state index < -0.39 is 11.7 Å². The van der Waals surface area contributed by atoms with Crippen LogP contribution < -0.4 is 5.32 Å². The first-order valence-electron chi connectivity index (χ1n) is 5.64. The predicted molar refractivity (Wildman–Crippen MR) is 67.6 cm³/mol. The van der Waals surface area contributed by atoms with Crippen LogP contribution in [0.4, 0.5) is 4.39 Å². The van der Waals surface area contributed by atoms with Crippen LogP contribution in [0.5, 0.6) is 0 Å². The number of hydrogen-bond acceptors (Lipinski definition) is 5. The minimum absolute atomic E-state index is 0.0406. The number of hydrogen-bond donors (Lipinski definition) is 1. The third-order valence-corrected chi connectivity index (χ3v) is 2.69. The maximum absolute atomic E-state index is 13.1. The standard InChI is InChI=1S/C12H11ClFN3O3/c1-19-6-11-16-10(17-20-11)5-15-12(18)8-4-7(14)2-3-9(8)13/h2-4H,5-6H2,1H3,(H,15,18). The molecule has 0 aliphatic carbocycles. The van der Waals surface area contributed by atoms with Crippen LogP contribution in [0, 0.1) is 5.82 Å². The second kappa shape index (κ2) is 6.44. The summed E-state index contributed by atoms with van der Waals surface area (Å²) in [6.45, 7) is 0.232. The van der Waals surface area contributed by atoms with E-state index >= 15 is 0 Å². The molecule has 2 aromatic rings. The number of carbonyl (C=O) groups excluding carboxylic acids is 1. The van der Waals surface area contributed by atoms with Gasteiger partial charge in [0.2, 0.25) is 0 Å². The zero-order valence-electron chi connectivity index (χ0n) is 10.5. The molecule has 0 bridgehead atoms. The molecule has 20 heavy (non-hydrogen) atoms. The molecule has 1 heterocycles. The normalized spacial score (nSPS) is 10.6. The van der Waals surface area contributed by atoms with Crippen molar-refractivity contribution in [1.82, 2.24) is 15.5 Å². The highest BCUT2D eigenvalue weighted by Gasteiger charge is 2.13. The first kappa shape index (κ1) is 14.4. The summed E-state index contributed by atoms with van der Waals surface area (Å²) in [5.74, 6) is -0.465. The van der Waals surface area contributed by atoms with Crippen LogP contribution in [0.2, 0.25) is 5.02 Å². The van der Waals surface area contributed by atoms with Crippen molar-refractivity contribution in [3.8, 4) is 0 Å². The minimum atomic E-state index is -0.540. The van der Waals surface area contributed by atoms with Gasteiger partial charge in [0.05, 0.1) is 17.1 Å². The lowest BCUT2D eigenvalue weighted by molar-refractivity contribution is 0.0949. The van der Waals surface area contributed by atoms with E-state index in [-0.39, 0.29) is 29.6 Å². The lowest BCUT2D eigenvalue weighted by atomic mass is 10.2. The van der Waals surface area contributed by atoms with Crippen LogP contribution >= 0.6 is 11.6 Å². The molecule has 0 fully saturated rings. The number of carbonyl (C=O) groups is 1. The summed E-state index contributed by atoms with van der Waals surface area (Å²) in [4.78, 5) is 15.8. The fourth-order valence-electron chi connectivity index (χ4n) is 1.47. The molecular formula is C12H11ClFN3O3. The van der Waals surface area contributed by atoms with Gasteiger partial charge < -0.3 is 14.6 Å².